The number of allylic oxidation sites excluding steroid dienone is 4. The van der Waals surface area contributed by atoms with Crippen LogP contribution in [0.5, 0.6) is 0 Å². The second-order valence-corrected chi connectivity index (χ2v) is 2.27. The molecule has 0 N–H and O–H groups in total. The summed E-state index contributed by atoms with van der Waals surface area (Å²) in [7, 11) is 3.14. The summed E-state index contributed by atoms with van der Waals surface area (Å²) in [5.41, 5.74) is 0. The van der Waals surface area contributed by atoms with Crippen LogP contribution in [0.25, 0.3) is 0 Å². The molecule has 0 aliphatic carbocycles. The van der Waals surface area contributed by atoms with Crippen molar-refractivity contribution in [2.24, 2.45) is 0 Å². The third-order valence-electron chi connectivity index (χ3n) is 0.994. The molecule has 0 aliphatic heterocycles. The molecule has 0 aromatic rings. The largest absolute Gasteiger partial charge is 0.475 e. The Morgan fingerprint density at radius 3 is 1.44 bits per heavy atom. The first-order chi connectivity index (χ1) is 7.83. The fourth-order valence-corrected chi connectivity index (χ4v) is 0.437. The number of hydrogen-bond donors (Lipinski definition) is 0. The summed E-state index contributed by atoms with van der Waals surface area (Å²) in [5, 5.41) is 0. The van der Waals surface area contributed by atoms with Crippen LogP contribution in [0, 0.1) is 0 Å². The van der Waals surface area contributed by atoms with Gasteiger partial charge >= 0.3 is 0 Å². The highest BCUT2D eigenvalue weighted by Gasteiger charge is 1.69. The minimum Gasteiger partial charge on any atom is -0.475 e. The number of hydrogen-bond acceptors (Lipinski definition) is 4. The van der Waals surface area contributed by atoms with Gasteiger partial charge in [0, 0.05) is 14.2 Å². The van der Waals surface area contributed by atoms with Gasteiger partial charge in [0.2, 0.25) is 0 Å². The summed E-state index contributed by atoms with van der Waals surface area (Å²) in [6, 6.07) is 0. The molecule has 0 aromatic carbocycles. The van der Waals surface area contributed by atoms with Crippen molar-refractivity contribution in [3.05, 3.63) is 50.0 Å². The molecule has 0 saturated carbocycles. The molecule has 0 bridgehead atoms. The predicted molar refractivity (Wildman–Crippen MR) is 64.6 cm³/mol. The average molecular weight is 228 g/mol. The second kappa shape index (κ2) is 19.1. The molecular weight excluding hydrogens is 208 g/mol. The third kappa shape index (κ3) is 22.9. The van der Waals surface area contributed by atoms with E-state index >= 15 is 0 Å². The molecule has 0 fully saturated rings. The molecule has 0 rings (SSSR count). The van der Waals surface area contributed by atoms with Crippen molar-refractivity contribution in [1.82, 2.24) is 0 Å². The van der Waals surface area contributed by atoms with E-state index in [1.54, 1.807) is 38.5 Å². The van der Waals surface area contributed by atoms with Gasteiger partial charge in [-0.25, -0.2) is 0 Å². The molecule has 0 aromatic heterocycles. The quantitative estimate of drug-likeness (QED) is 0.277. The predicted octanol–water partition coefficient (Wildman–Crippen LogP) is 2.61. The summed E-state index contributed by atoms with van der Waals surface area (Å²) in [4.78, 5) is 0. The highest BCUT2D eigenvalue weighted by Crippen LogP contribution is 1.77. The topological polar surface area (TPSA) is 36.9 Å². The lowest BCUT2D eigenvalue weighted by molar-refractivity contribution is 0.0198. The van der Waals surface area contributed by atoms with E-state index in [4.69, 9.17) is 9.47 Å². The van der Waals surface area contributed by atoms with Gasteiger partial charge in [-0.15, -0.1) is 0 Å². The maximum Gasteiger partial charge on any atom is 0.187 e. The standard InChI is InChI=1S/2C6H10O2/c2*1-3-4-5-8-6-7-2/h2*3-5H,1,6H2,2H3. The van der Waals surface area contributed by atoms with Crippen molar-refractivity contribution in [3.63, 3.8) is 0 Å². The van der Waals surface area contributed by atoms with E-state index in [0.29, 0.717) is 13.6 Å². The lowest BCUT2D eigenvalue weighted by atomic mass is 10.6. The van der Waals surface area contributed by atoms with E-state index in [0.717, 1.165) is 0 Å². The highest BCUT2D eigenvalue weighted by atomic mass is 16.7. The third-order valence-corrected chi connectivity index (χ3v) is 0.994. The Morgan fingerprint density at radius 2 is 1.19 bits per heavy atom. The monoisotopic (exact) mass is 228 g/mol. The number of methoxy groups -OCH3 is 2. The van der Waals surface area contributed by atoms with Crippen LogP contribution in [0.15, 0.2) is 50.0 Å². The van der Waals surface area contributed by atoms with Gasteiger partial charge in [-0.2, -0.15) is 0 Å². The van der Waals surface area contributed by atoms with Gasteiger partial charge in [0.15, 0.2) is 13.6 Å². The summed E-state index contributed by atoms with van der Waals surface area (Å²) < 4.78 is 18.7. The first-order valence-electron chi connectivity index (χ1n) is 4.59. The molecule has 16 heavy (non-hydrogen) atoms. The van der Waals surface area contributed by atoms with E-state index in [9.17, 15) is 0 Å². The zero-order valence-corrected chi connectivity index (χ0v) is 9.93. The Labute approximate surface area is 97.5 Å². The molecule has 4 nitrogen and oxygen atoms in total. The van der Waals surface area contributed by atoms with E-state index < -0.39 is 0 Å². The molecular formula is C12H20O4. The SMILES string of the molecule is C=CC=COCOC.C=CC=COCOC. The highest BCUT2D eigenvalue weighted by molar-refractivity contribution is 4.93. The van der Waals surface area contributed by atoms with E-state index in [1.165, 1.54) is 12.5 Å². The summed E-state index contributed by atoms with van der Waals surface area (Å²) >= 11 is 0. The van der Waals surface area contributed by atoms with Crippen LogP contribution < -0.4 is 0 Å². The molecule has 0 heterocycles. The molecule has 0 unspecified atom stereocenters. The van der Waals surface area contributed by atoms with Gasteiger partial charge in [0.05, 0.1) is 12.5 Å². The van der Waals surface area contributed by atoms with Crippen molar-refractivity contribution >= 4 is 0 Å². The van der Waals surface area contributed by atoms with Crippen molar-refractivity contribution in [2.75, 3.05) is 27.8 Å². The zero-order chi connectivity index (χ0) is 12.5. The van der Waals surface area contributed by atoms with Crippen molar-refractivity contribution in [2.45, 2.75) is 0 Å². The minimum absolute atomic E-state index is 0.296. The number of ether oxygens (including phenoxy) is 4. The van der Waals surface area contributed by atoms with Gasteiger partial charge in [0.1, 0.15) is 0 Å². The zero-order valence-electron chi connectivity index (χ0n) is 9.93. The van der Waals surface area contributed by atoms with Crippen molar-refractivity contribution in [3.8, 4) is 0 Å². The van der Waals surface area contributed by atoms with Crippen LogP contribution in [0.2, 0.25) is 0 Å². The van der Waals surface area contributed by atoms with E-state index in [1.807, 2.05) is 0 Å². The fraction of sp³-hybridized carbons (Fsp3) is 0.333. The minimum atomic E-state index is 0.296. The molecule has 4 heteroatoms. The maximum absolute atomic E-state index is 4.75. The molecule has 0 amide bonds. The van der Waals surface area contributed by atoms with Crippen LogP contribution in [-0.4, -0.2) is 27.8 Å². The molecule has 92 valence electrons. The van der Waals surface area contributed by atoms with Crippen LogP contribution in [0.3, 0.4) is 0 Å². The van der Waals surface area contributed by atoms with Crippen molar-refractivity contribution in [1.29, 1.82) is 0 Å². The van der Waals surface area contributed by atoms with E-state index in [-0.39, 0.29) is 0 Å². The summed E-state index contributed by atoms with van der Waals surface area (Å²) in [6.07, 6.45) is 9.70. The van der Waals surface area contributed by atoms with E-state index in [2.05, 4.69) is 22.6 Å². The molecule has 0 atom stereocenters. The smallest absolute Gasteiger partial charge is 0.187 e. The second-order valence-electron chi connectivity index (χ2n) is 2.27. The number of rotatable bonds is 8. The van der Waals surface area contributed by atoms with Crippen LogP contribution in [0.1, 0.15) is 0 Å². The Hall–Kier alpha value is -1.52. The summed E-state index contributed by atoms with van der Waals surface area (Å²) in [5.74, 6) is 0. The van der Waals surface area contributed by atoms with Crippen LogP contribution in [-0.2, 0) is 18.9 Å². The Morgan fingerprint density at radius 1 is 0.812 bits per heavy atom. The molecule has 0 radical (unpaired) electrons. The molecule has 0 spiro atoms. The Balaban J connectivity index is 0. The molecule has 0 saturated heterocycles. The normalized spacial score (nSPS) is 9.62. The lowest BCUT2D eigenvalue weighted by Gasteiger charge is -1.93. The van der Waals surface area contributed by atoms with Gasteiger partial charge in [0.25, 0.3) is 0 Å². The Kier molecular flexibility index (Phi) is 20.2. The lowest BCUT2D eigenvalue weighted by Crippen LogP contribution is -1.87. The van der Waals surface area contributed by atoms with Gasteiger partial charge in [-0.3, -0.25) is 0 Å². The Bertz CT molecular complexity index is 175. The van der Waals surface area contributed by atoms with Gasteiger partial charge < -0.3 is 18.9 Å². The first-order valence-corrected chi connectivity index (χ1v) is 4.59. The first kappa shape index (κ1) is 16.9. The summed E-state index contributed by atoms with van der Waals surface area (Å²) in [6.45, 7) is 7.49. The molecule has 0 aliphatic rings. The van der Waals surface area contributed by atoms with Gasteiger partial charge in [-0.05, 0) is 12.2 Å². The van der Waals surface area contributed by atoms with Crippen LogP contribution >= 0.6 is 0 Å². The fourth-order valence-electron chi connectivity index (χ4n) is 0.437. The van der Waals surface area contributed by atoms with Crippen molar-refractivity contribution < 1.29 is 18.9 Å². The maximum atomic E-state index is 4.75. The van der Waals surface area contributed by atoms with Gasteiger partial charge in [-0.1, -0.05) is 25.3 Å². The average Bonchev–Trinajstić information content (AvgIpc) is 2.31. The van der Waals surface area contributed by atoms with Crippen LogP contribution in [0.4, 0.5) is 0 Å².